The van der Waals surface area contributed by atoms with Gasteiger partial charge in [0.15, 0.2) is 0 Å². The summed E-state index contributed by atoms with van der Waals surface area (Å²) >= 11 is 0. The van der Waals surface area contributed by atoms with Gasteiger partial charge in [0, 0.05) is 17.6 Å². The maximum absolute atomic E-state index is 9.60. The smallest absolute Gasteiger partial charge is 0.123 e. The number of hydrogen-bond donors (Lipinski definition) is 2. The summed E-state index contributed by atoms with van der Waals surface area (Å²) in [4.78, 5) is 2.35. The van der Waals surface area contributed by atoms with E-state index in [1.54, 1.807) is 7.11 Å². The molecule has 3 N–H and O–H groups in total. The number of benzene rings is 1. The molecule has 1 saturated heterocycles. The van der Waals surface area contributed by atoms with Crippen molar-refractivity contribution in [1.29, 1.82) is 0 Å². The number of para-hydroxylation sites is 1. The Morgan fingerprint density at radius 1 is 1.45 bits per heavy atom. The van der Waals surface area contributed by atoms with Crippen LogP contribution in [0.1, 0.15) is 37.8 Å². The lowest BCUT2D eigenvalue weighted by atomic mass is 9.95. The van der Waals surface area contributed by atoms with Gasteiger partial charge in [-0.2, -0.15) is 0 Å². The van der Waals surface area contributed by atoms with E-state index in [2.05, 4.69) is 17.9 Å². The van der Waals surface area contributed by atoms with Crippen LogP contribution in [0.15, 0.2) is 24.3 Å². The number of likely N-dealkylation sites (tertiary alicyclic amines) is 1. The number of nitrogens with zero attached hydrogens (tertiary/aromatic N) is 1. The summed E-state index contributed by atoms with van der Waals surface area (Å²) in [6.07, 6.45) is 3.06. The molecule has 3 unspecified atom stereocenters. The van der Waals surface area contributed by atoms with Gasteiger partial charge in [-0.25, -0.2) is 0 Å². The molecule has 0 aromatic heterocycles. The Morgan fingerprint density at radius 2 is 2.20 bits per heavy atom. The summed E-state index contributed by atoms with van der Waals surface area (Å²) in [5, 5.41) is 9.60. The summed E-state index contributed by atoms with van der Waals surface area (Å²) in [7, 11) is 1.70. The first-order chi connectivity index (χ1) is 9.72. The largest absolute Gasteiger partial charge is 0.496 e. The lowest BCUT2D eigenvalue weighted by Gasteiger charge is -2.36. The number of hydrogen-bond acceptors (Lipinski definition) is 4. The molecule has 0 radical (unpaired) electrons. The predicted molar refractivity (Wildman–Crippen MR) is 80.8 cm³/mol. The molecule has 0 bridgehead atoms. The molecule has 1 aliphatic heterocycles. The van der Waals surface area contributed by atoms with Gasteiger partial charge in [-0.15, -0.1) is 0 Å². The van der Waals surface area contributed by atoms with Crippen LogP contribution in [-0.4, -0.2) is 42.4 Å². The van der Waals surface area contributed by atoms with Crippen LogP contribution in [0, 0.1) is 0 Å². The first kappa shape index (κ1) is 15.3. The minimum absolute atomic E-state index is 0.0402. The van der Waals surface area contributed by atoms with Gasteiger partial charge < -0.3 is 15.6 Å². The summed E-state index contributed by atoms with van der Waals surface area (Å²) in [5.41, 5.74) is 7.52. The Bertz CT molecular complexity index is 425. The highest BCUT2D eigenvalue weighted by atomic mass is 16.5. The van der Waals surface area contributed by atoms with Crippen molar-refractivity contribution in [1.82, 2.24) is 4.90 Å². The van der Waals surface area contributed by atoms with Crippen molar-refractivity contribution in [3.8, 4) is 5.75 Å². The van der Waals surface area contributed by atoms with Crippen molar-refractivity contribution in [3.63, 3.8) is 0 Å². The van der Waals surface area contributed by atoms with Crippen LogP contribution in [0.2, 0.25) is 0 Å². The predicted octanol–water partition coefficient (Wildman–Crippen LogP) is 1.93. The summed E-state index contributed by atoms with van der Waals surface area (Å²) in [5.74, 6) is 0.880. The summed E-state index contributed by atoms with van der Waals surface area (Å²) in [6.45, 7) is 3.29. The van der Waals surface area contributed by atoms with Gasteiger partial charge in [0.2, 0.25) is 0 Å². The third-order valence-corrected chi connectivity index (χ3v) is 4.33. The van der Waals surface area contributed by atoms with Crippen molar-refractivity contribution in [3.05, 3.63) is 29.8 Å². The number of nitrogens with two attached hydrogens (primary N) is 1. The van der Waals surface area contributed by atoms with E-state index in [1.165, 1.54) is 0 Å². The zero-order valence-electron chi connectivity index (χ0n) is 12.5. The van der Waals surface area contributed by atoms with Crippen LogP contribution >= 0.6 is 0 Å². The van der Waals surface area contributed by atoms with Crippen LogP contribution < -0.4 is 10.5 Å². The van der Waals surface area contributed by atoms with E-state index < -0.39 is 0 Å². The molecule has 112 valence electrons. The van der Waals surface area contributed by atoms with E-state index in [0.717, 1.165) is 37.1 Å². The lowest BCUT2D eigenvalue weighted by molar-refractivity contribution is 0.102. The monoisotopic (exact) mass is 278 g/mol. The van der Waals surface area contributed by atoms with Gasteiger partial charge >= 0.3 is 0 Å². The molecule has 4 nitrogen and oxygen atoms in total. The Morgan fingerprint density at radius 3 is 2.85 bits per heavy atom. The molecule has 1 heterocycles. The highest BCUT2D eigenvalue weighted by molar-refractivity contribution is 5.37. The van der Waals surface area contributed by atoms with E-state index >= 15 is 0 Å². The van der Waals surface area contributed by atoms with E-state index in [1.807, 2.05) is 18.2 Å². The minimum Gasteiger partial charge on any atom is -0.496 e. The molecule has 1 aromatic rings. The molecule has 0 aliphatic carbocycles. The number of methoxy groups -OCH3 is 1. The second kappa shape index (κ2) is 7.07. The normalized spacial score (nSPS) is 22.7. The van der Waals surface area contributed by atoms with E-state index in [4.69, 9.17) is 10.5 Å². The quantitative estimate of drug-likeness (QED) is 0.835. The number of ether oxygens (including phenoxy) is 1. The molecular weight excluding hydrogens is 252 g/mol. The lowest BCUT2D eigenvalue weighted by Crippen LogP contribution is -2.44. The molecule has 0 spiro atoms. The molecule has 1 fully saturated rings. The average Bonchev–Trinajstić information content (AvgIpc) is 2.96. The third kappa shape index (κ3) is 2.97. The Hall–Kier alpha value is -1.10. The Labute approximate surface area is 121 Å². The fourth-order valence-electron chi connectivity index (χ4n) is 3.21. The standard InChI is InChI=1S/C16H26N2O2/c1-3-14(17)16(18-10-6-7-12(18)11-19)13-8-4-5-9-15(13)20-2/h4-5,8-9,12,14,16,19H,3,6-7,10-11,17H2,1-2H3. The van der Waals surface area contributed by atoms with Gasteiger partial charge in [-0.05, 0) is 31.9 Å². The topological polar surface area (TPSA) is 58.7 Å². The summed E-state index contributed by atoms with van der Waals surface area (Å²) < 4.78 is 5.50. The highest BCUT2D eigenvalue weighted by Crippen LogP contribution is 2.36. The number of rotatable bonds is 6. The summed E-state index contributed by atoms with van der Waals surface area (Å²) in [6, 6.07) is 8.43. The van der Waals surface area contributed by atoms with Crippen LogP contribution in [0.5, 0.6) is 5.75 Å². The van der Waals surface area contributed by atoms with Gasteiger partial charge in [-0.1, -0.05) is 25.1 Å². The van der Waals surface area contributed by atoms with Gasteiger partial charge in [0.25, 0.3) is 0 Å². The molecule has 3 atom stereocenters. The van der Waals surface area contributed by atoms with E-state index in [0.29, 0.717) is 0 Å². The van der Waals surface area contributed by atoms with Crippen molar-refractivity contribution in [2.24, 2.45) is 5.73 Å². The molecule has 1 aliphatic rings. The molecule has 0 amide bonds. The maximum atomic E-state index is 9.60. The van der Waals surface area contributed by atoms with Crippen molar-refractivity contribution >= 4 is 0 Å². The molecular formula is C16H26N2O2. The van der Waals surface area contributed by atoms with Crippen LogP contribution in [-0.2, 0) is 0 Å². The number of aliphatic hydroxyl groups excluding tert-OH is 1. The van der Waals surface area contributed by atoms with Crippen molar-refractivity contribution in [2.45, 2.75) is 44.3 Å². The first-order valence-electron chi connectivity index (χ1n) is 7.48. The van der Waals surface area contributed by atoms with Crippen LogP contribution in [0.4, 0.5) is 0 Å². The van der Waals surface area contributed by atoms with Crippen molar-refractivity contribution < 1.29 is 9.84 Å². The second-order valence-electron chi connectivity index (χ2n) is 5.48. The van der Waals surface area contributed by atoms with E-state index in [9.17, 15) is 5.11 Å². The Balaban J connectivity index is 2.37. The van der Waals surface area contributed by atoms with Gasteiger partial charge in [-0.3, -0.25) is 4.90 Å². The molecule has 1 aromatic carbocycles. The Kier molecular flexibility index (Phi) is 5.40. The highest BCUT2D eigenvalue weighted by Gasteiger charge is 2.35. The molecule has 2 rings (SSSR count). The zero-order chi connectivity index (χ0) is 14.5. The molecule has 4 heteroatoms. The van der Waals surface area contributed by atoms with Gasteiger partial charge in [0.05, 0.1) is 19.8 Å². The maximum Gasteiger partial charge on any atom is 0.123 e. The fraction of sp³-hybridized carbons (Fsp3) is 0.625. The fourth-order valence-corrected chi connectivity index (χ4v) is 3.21. The van der Waals surface area contributed by atoms with Crippen molar-refractivity contribution in [2.75, 3.05) is 20.3 Å². The van der Waals surface area contributed by atoms with Crippen LogP contribution in [0.25, 0.3) is 0 Å². The zero-order valence-corrected chi connectivity index (χ0v) is 12.5. The van der Waals surface area contributed by atoms with E-state index in [-0.39, 0.29) is 24.7 Å². The molecule has 20 heavy (non-hydrogen) atoms. The average molecular weight is 278 g/mol. The third-order valence-electron chi connectivity index (χ3n) is 4.33. The second-order valence-corrected chi connectivity index (χ2v) is 5.48. The SMILES string of the molecule is CCC(N)C(c1ccccc1OC)N1CCCC1CO. The molecule has 0 saturated carbocycles. The first-order valence-corrected chi connectivity index (χ1v) is 7.48. The number of aliphatic hydroxyl groups is 1. The van der Waals surface area contributed by atoms with Gasteiger partial charge in [0.1, 0.15) is 5.75 Å². The minimum atomic E-state index is 0.0402. The van der Waals surface area contributed by atoms with Crippen LogP contribution in [0.3, 0.4) is 0 Å².